The number of ether oxygens (including phenoxy) is 1. The summed E-state index contributed by atoms with van der Waals surface area (Å²) in [6.07, 6.45) is 12.9. The van der Waals surface area contributed by atoms with Gasteiger partial charge in [0.15, 0.2) is 0 Å². The van der Waals surface area contributed by atoms with Crippen molar-refractivity contribution in [3.8, 4) is 0 Å². The Labute approximate surface area is 151 Å². The van der Waals surface area contributed by atoms with Crippen LogP contribution in [-0.2, 0) is 4.74 Å². The van der Waals surface area contributed by atoms with Crippen LogP contribution < -0.4 is 10.6 Å². The minimum absolute atomic E-state index is 0.00739. The fourth-order valence-electron chi connectivity index (χ4n) is 5.65. The van der Waals surface area contributed by atoms with Gasteiger partial charge in [0, 0.05) is 19.2 Å². The molecule has 0 aromatic carbocycles. The van der Waals surface area contributed by atoms with E-state index in [4.69, 9.17) is 4.74 Å². The van der Waals surface area contributed by atoms with E-state index in [9.17, 15) is 9.18 Å². The van der Waals surface area contributed by atoms with Crippen LogP contribution >= 0.6 is 0 Å². The first-order valence-corrected chi connectivity index (χ1v) is 9.98. The van der Waals surface area contributed by atoms with Crippen LogP contribution in [0.1, 0.15) is 64.2 Å². The Morgan fingerprint density at radius 3 is 2.36 bits per heavy atom. The summed E-state index contributed by atoms with van der Waals surface area (Å²) in [5, 5.41) is 6.35. The second kappa shape index (κ2) is 8.52. The highest BCUT2D eigenvalue weighted by atomic mass is 19.1. The highest BCUT2D eigenvalue weighted by Gasteiger charge is 2.51. The number of amides is 2. The SMILES string of the molecule is COC/C(F)=C\CCCCCNC(=O)NC12CC3CC(CC(C3)C1)C2. The van der Waals surface area contributed by atoms with Gasteiger partial charge in [0.2, 0.25) is 0 Å². The quantitative estimate of drug-likeness (QED) is 0.607. The third-order valence-corrected chi connectivity index (χ3v) is 6.23. The maximum absolute atomic E-state index is 13.1. The molecule has 4 fully saturated rings. The monoisotopic (exact) mass is 352 g/mol. The lowest BCUT2D eigenvalue weighted by molar-refractivity contribution is -0.0135. The predicted octanol–water partition coefficient (Wildman–Crippen LogP) is 4.31. The average Bonchev–Trinajstić information content (AvgIpc) is 2.52. The molecule has 2 N–H and O–H groups in total. The lowest BCUT2D eigenvalue weighted by atomic mass is 9.53. The molecule has 0 aromatic rings. The standard InChI is InChI=1S/C20H33FN2O2/c1-25-14-18(21)6-4-2-3-5-7-22-19(24)23-20-11-15-8-16(12-20)10-17(9-15)13-20/h6,15-17H,2-5,7-14H2,1H3,(H2,22,23,24)/b18-6+. The number of nitrogens with one attached hydrogen (secondary N) is 2. The smallest absolute Gasteiger partial charge is 0.315 e. The maximum atomic E-state index is 13.1. The molecule has 4 saturated carbocycles. The number of allylic oxidation sites excluding steroid dienone is 1. The zero-order valence-corrected chi connectivity index (χ0v) is 15.5. The molecular weight excluding hydrogens is 319 g/mol. The number of unbranched alkanes of at least 4 members (excludes halogenated alkanes) is 3. The molecule has 0 aliphatic heterocycles. The van der Waals surface area contributed by atoms with Crippen LogP contribution in [0.15, 0.2) is 11.9 Å². The predicted molar refractivity (Wildman–Crippen MR) is 97.0 cm³/mol. The van der Waals surface area contributed by atoms with Crippen LogP contribution in [0.25, 0.3) is 0 Å². The number of carbonyl (C=O) groups excluding carboxylic acids is 1. The molecule has 4 aliphatic carbocycles. The molecular formula is C20H33FN2O2. The normalized spacial score (nSPS) is 33.5. The summed E-state index contributed by atoms with van der Waals surface area (Å²) in [5.41, 5.74) is 0.0858. The Hall–Kier alpha value is -1.10. The molecule has 0 saturated heterocycles. The molecule has 4 rings (SSSR count). The van der Waals surface area contributed by atoms with Crippen molar-refractivity contribution >= 4 is 6.03 Å². The van der Waals surface area contributed by atoms with Gasteiger partial charge in [-0.15, -0.1) is 0 Å². The Bertz CT molecular complexity index is 457. The van der Waals surface area contributed by atoms with Gasteiger partial charge in [0.25, 0.3) is 0 Å². The summed E-state index contributed by atoms with van der Waals surface area (Å²) in [6, 6.07) is 0.00739. The minimum Gasteiger partial charge on any atom is -0.378 e. The van der Waals surface area contributed by atoms with Crippen molar-refractivity contribution in [2.24, 2.45) is 17.8 Å². The number of hydrogen-bond donors (Lipinski definition) is 2. The average molecular weight is 352 g/mol. The summed E-state index contributed by atoms with van der Waals surface area (Å²) < 4.78 is 17.8. The fourth-order valence-corrected chi connectivity index (χ4v) is 5.65. The number of rotatable bonds is 9. The second-order valence-corrected chi connectivity index (χ2v) is 8.51. The van der Waals surface area contributed by atoms with E-state index in [1.165, 1.54) is 45.6 Å². The Balaban J connectivity index is 1.28. The molecule has 2 amide bonds. The van der Waals surface area contributed by atoms with Crippen LogP contribution in [0.2, 0.25) is 0 Å². The molecule has 4 aliphatic rings. The third kappa shape index (κ3) is 5.19. The van der Waals surface area contributed by atoms with Gasteiger partial charge in [0.1, 0.15) is 5.83 Å². The van der Waals surface area contributed by atoms with Crippen LogP contribution in [0, 0.1) is 17.8 Å². The zero-order chi connectivity index (χ0) is 17.7. The molecule has 0 aromatic heterocycles. The van der Waals surface area contributed by atoms with Crippen LogP contribution in [-0.4, -0.2) is 31.8 Å². The van der Waals surface area contributed by atoms with Crippen molar-refractivity contribution in [3.05, 3.63) is 11.9 Å². The molecule has 0 spiro atoms. The molecule has 0 atom stereocenters. The second-order valence-electron chi connectivity index (χ2n) is 8.51. The van der Waals surface area contributed by atoms with Gasteiger partial charge in [-0.05, 0) is 75.5 Å². The van der Waals surface area contributed by atoms with Crippen LogP contribution in [0.5, 0.6) is 0 Å². The van der Waals surface area contributed by atoms with E-state index in [1.807, 2.05) is 0 Å². The fraction of sp³-hybridized carbons (Fsp3) is 0.850. The van der Waals surface area contributed by atoms with Crippen molar-refractivity contribution in [1.29, 1.82) is 0 Å². The van der Waals surface area contributed by atoms with E-state index >= 15 is 0 Å². The lowest BCUT2D eigenvalue weighted by Crippen LogP contribution is -2.61. The van der Waals surface area contributed by atoms with Crippen molar-refractivity contribution < 1.29 is 13.9 Å². The topological polar surface area (TPSA) is 50.4 Å². The Morgan fingerprint density at radius 2 is 1.76 bits per heavy atom. The van der Waals surface area contributed by atoms with Crippen molar-refractivity contribution in [2.45, 2.75) is 69.7 Å². The maximum Gasteiger partial charge on any atom is 0.315 e. The van der Waals surface area contributed by atoms with E-state index in [0.717, 1.165) is 43.4 Å². The lowest BCUT2D eigenvalue weighted by Gasteiger charge is -2.56. The van der Waals surface area contributed by atoms with E-state index < -0.39 is 0 Å². The van der Waals surface area contributed by atoms with Gasteiger partial charge < -0.3 is 15.4 Å². The largest absolute Gasteiger partial charge is 0.378 e. The number of urea groups is 1. The van der Waals surface area contributed by atoms with E-state index in [2.05, 4.69) is 10.6 Å². The van der Waals surface area contributed by atoms with Crippen molar-refractivity contribution in [1.82, 2.24) is 10.6 Å². The number of halogens is 1. The van der Waals surface area contributed by atoms with E-state index in [-0.39, 0.29) is 24.0 Å². The van der Waals surface area contributed by atoms with E-state index in [0.29, 0.717) is 6.54 Å². The van der Waals surface area contributed by atoms with Crippen molar-refractivity contribution in [3.63, 3.8) is 0 Å². The van der Waals surface area contributed by atoms with Crippen LogP contribution in [0.3, 0.4) is 0 Å². The molecule has 0 radical (unpaired) electrons. The summed E-state index contributed by atoms with van der Waals surface area (Å²) in [7, 11) is 1.49. The molecule has 5 heteroatoms. The van der Waals surface area contributed by atoms with Gasteiger partial charge in [-0.1, -0.05) is 12.5 Å². The first-order valence-electron chi connectivity index (χ1n) is 9.98. The number of methoxy groups -OCH3 is 1. The zero-order valence-electron chi connectivity index (χ0n) is 15.5. The van der Waals surface area contributed by atoms with Gasteiger partial charge >= 0.3 is 6.03 Å². The first-order chi connectivity index (χ1) is 12.1. The summed E-state index contributed by atoms with van der Waals surface area (Å²) in [6.45, 7) is 0.758. The highest BCUT2D eigenvalue weighted by molar-refractivity contribution is 5.74. The Kier molecular flexibility index (Phi) is 6.37. The molecule has 25 heavy (non-hydrogen) atoms. The number of hydrogen-bond acceptors (Lipinski definition) is 2. The van der Waals surface area contributed by atoms with Gasteiger partial charge in [0.05, 0.1) is 6.61 Å². The van der Waals surface area contributed by atoms with Crippen molar-refractivity contribution in [2.75, 3.05) is 20.3 Å². The third-order valence-electron chi connectivity index (χ3n) is 6.23. The molecule has 142 valence electrons. The first kappa shape index (κ1) is 18.7. The highest BCUT2D eigenvalue weighted by Crippen LogP contribution is 2.55. The summed E-state index contributed by atoms with van der Waals surface area (Å²) >= 11 is 0. The molecule has 0 unspecified atom stereocenters. The van der Waals surface area contributed by atoms with E-state index in [1.54, 1.807) is 6.08 Å². The van der Waals surface area contributed by atoms with Crippen LogP contribution in [0.4, 0.5) is 9.18 Å². The number of carbonyl (C=O) groups is 1. The Morgan fingerprint density at radius 1 is 1.12 bits per heavy atom. The van der Waals surface area contributed by atoms with Gasteiger partial charge in [-0.2, -0.15) is 0 Å². The molecule has 4 nitrogen and oxygen atoms in total. The van der Waals surface area contributed by atoms with Gasteiger partial charge in [-0.25, -0.2) is 9.18 Å². The molecule has 4 bridgehead atoms. The molecule has 0 heterocycles. The minimum atomic E-state index is -0.199. The summed E-state index contributed by atoms with van der Waals surface area (Å²) in [5.74, 6) is 2.34. The van der Waals surface area contributed by atoms with Gasteiger partial charge in [-0.3, -0.25) is 0 Å². The summed E-state index contributed by atoms with van der Waals surface area (Å²) in [4.78, 5) is 12.3.